The third kappa shape index (κ3) is 3.43. The lowest BCUT2D eigenvalue weighted by molar-refractivity contribution is -0.120. The van der Waals surface area contributed by atoms with Crippen LogP contribution in [0.5, 0.6) is 0 Å². The van der Waals surface area contributed by atoms with E-state index in [2.05, 4.69) is 17.4 Å². The Morgan fingerprint density at radius 1 is 1.07 bits per heavy atom. The van der Waals surface area contributed by atoms with Gasteiger partial charge in [0, 0.05) is 36.1 Å². The summed E-state index contributed by atoms with van der Waals surface area (Å²) < 4.78 is 5.69. The second-order valence-corrected chi connectivity index (χ2v) is 7.69. The molecule has 5 rings (SSSR count). The lowest BCUT2D eigenvalue weighted by Crippen LogP contribution is -2.25. The third-order valence-electron chi connectivity index (χ3n) is 5.68. The number of hydrogen-bond donors (Lipinski definition) is 1. The minimum atomic E-state index is -0.0618. The van der Waals surface area contributed by atoms with Gasteiger partial charge in [0.05, 0.1) is 12.7 Å². The van der Waals surface area contributed by atoms with E-state index in [-0.39, 0.29) is 18.2 Å². The van der Waals surface area contributed by atoms with Gasteiger partial charge in [0.1, 0.15) is 5.58 Å². The molecule has 5 heteroatoms. The molecule has 2 amide bonds. The lowest BCUT2D eigenvalue weighted by atomic mass is 10.0. The van der Waals surface area contributed by atoms with Crippen LogP contribution >= 0.6 is 0 Å². The normalized spacial score (nSPS) is 14.0. The van der Waals surface area contributed by atoms with Crippen LogP contribution in [0.4, 0.5) is 5.69 Å². The molecule has 1 aromatic heterocycles. The predicted octanol–water partition coefficient (Wildman–Crippen LogP) is 4.57. The number of furan rings is 1. The molecule has 1 aliphatic heterocycles. The minimum absolute atomic E-state index is 0.0618. The number of nitrogens with zero attached hydrogens (tertiary/aromatic N) is 1. The zero-order valence-electron chi connectivity index (χ0n) is 16.6. The number of hydrogen-bond acceptors (Lipinski definition) is 3. The molecule has 150 valence electrons. The summed E-state index contributed by atoms with van der Waals surface area (Å²) in [5.41, 5.74) is 3.55. The van der Waals surface area contributed by atoms with Gasteiger partial charge in [0.2, 0.25) is 11.8 Å². The molecular formula is C25H22N2O3. The van der Waals surface area contributed by atoms with Crippen molar-refractivity contribution in [1.29, 1.82) is 0 Å². The van der Waals surface area contributed by atoms with Crippen molar-refractivity contribution < 1.29 is 14.0 Å². The average molecular weight is 398 g/mol. The molecule has 2 heterocycles. The standard InChI is InChI=1S/C25H22N2O3/c28-23(26-15-17-5-3-7-20(13-17)27-12-4-9-24(27)29)14-19-16-30-22-11-10-18-6-1-2-8-21(18)25(19)22/h1-3,5-8,10-11,13,16H,4,9,12,14-15H2,(H,26,28). The van der Waals surface area contributed by atoms with Crippen LogP contribution in [-0.2, 0) is 22.6 Å². The van der Waals surface area contributed by atoms with Crippen LogP contribution in [0.3, 0.4) is 0 Å². The number of amides is 2. The maximum Gasteiger partial charge on any atom is 0.227 e. The second kappa shape index (κ2) is 7.67. The number of fused-ring (bicyclic) bond motifs is 3. The van der Waals surface area contributed by atoms with Gasteiger partial charge in [0.15, 0.2) is 0 Å². The Hall–Kier alpha value is -3.60. The number of rotatable bonds is 5. The fraction of sp³-hybridized carbons (Fsp3) is 0.200. The summed E-state index contributed by atoms with van der Waals surface area (Å²) in [5, 5.41) is 6.21. The van der Waals surface area contributed by atoms with E-state index in [1.165, 1.54) is 0 Å². The zero-order chi connectivity index (χ0) is 20.5. The Bertz CT molecular complexity index is 1260. The lowest BCUT2D eigenvalue weighted by Gasteiger charge is -2.16. The van der Waals surface area contributed by atoms with Crippen molar-refractivity contribution in [2.24, 2.45) is 0 Å². The fourth-order valence-corrected chi connectivity index (χ4v) is 4.20. The van der Waals surface area contributed by atoms with Crippen molar-refractivity contribution in [3.05, 3.63) is 78.1 Å². The van der Waals surface area contributed by atoms with Crippen LogP contribution in [0, 0.1) is 0 Å². The highest BCUT2D eigenvalue weighted by Crippen LogP contribution is 2.30. The molecule has 0 spiro atoms. The average Bonchev–Trinajstić information content (AvgIpc) is 3.39. The number of benzene rings is 3. The van der Waals surface area contributed by atoms with E-state index < -0.39 is 0 Å². The highest BCUT2D eigenvalue weighted by atomic mass is 16.3. The van der Waals surface area contributed by atoms with Gasteiger partial charge in [-0.2, -0.15) is 0 Å². The molecule has 0 aliphatic carbocycles. The monoisotopic (exact) mass is 398 g/mol. The maximum atomic E-state index is 12.6. The van der Waals surface area contributed by atoms with Gasteiger partial charge in [-0.1, -0.05) is 42.5 Å². The van der Waals surface area contributed by atoms with Crippen molar-refractivity contribution in [1.82, 2.24) is 5.32 Å². The van der Waals surface area contributed by atoms with E-state index >= 15 is 0 Å². The number of carbonyl (C=O) groups is 2. The smallest absolute Gasteiger partial charge is 0.227 e. The molecule has 4 aromatic rings. The number of anilines is 1. The van der Waals surface area contributed by atoms with Gasteiger partial charge in [-0.25, -0.2) is 0 Å². The van der Waals surface area contributed by atoms with E-state index in [1.807, 2.05) is 53.4 Å². The molecule has 0 unspecified atom stereocenters. The van der Waals surface area contributed by atoms with Crippen LogP contribution in [0.25, 0.3) is 21.7 Å². The summed E-state index contributed by atoms with van der Waals surface area (Å²) in [6.45, 7) is 1.18. The Labute approximate surface area is 174 Å². The topological polar surface area (TPSA) is 62.6 Å². The molecule has 0 bridgehead atoms. The van der Waals surface area contributed by atoms with Gasteiger partial charge >= 0.3 is 0 Å². The minimum Gasteiger partial charge on any atom is -0.464 e. The van der Waals surface area contributed by atoms with Crippen molar-refractivity contribution in [3.63, 3.8) is 0 Å². The van der Waals surface area contributed by atoms with E-state index in [1.54, 1.807) is 6.26 Å². The first kappa shape index (κ1) is 18.4. The summed E-state index contributed by atoms with van der Waals surface area (Å²) in [4.78, 5) is 26.4. The van der Waals surface area contributed by atoms with Crippen LogP contribution < -0.4 is 10.2 Å². The summed E-state index contributed by atoms with van der Waals surface area (Å²) in [7, 11) is 0. The Balaban J connectivity index is 1.30. The molecule has 0 saturated carbocycles. The van der Waals surface area contributed by atoms with E-state index in [4.69, 9.17) is 4.42 Å². The first-order chi connectivity index (χ1) is 14.7. The highest BCUT2D eigenvalue weighted by molar-refractivity contribution is 6.08. The molecule has 1 fully saturated rings. The molecule has 1 N–H and O–H groups in total. The van der Waals surface area contributed by atoms with Crippen LogP contribution in [0.1, 0.15) is 24.0 Å². The van der Waals surface area contributed by atoms with Gasteiger partial charge < -0.3 is 14.6 Å². The van der Waals surface area contributed by atoms with Crippen LogP contribution in [-0.4, -0.2) is 18.4 Å². The first-order valence-corrected chi connectivity index (χ1v) is 10.2. The molecule has 0 radical (unpaired) electrons. The first-order valence-electron chi connectivity index (χ1n) is 10.2. The van der Waals surface area contributed by atoms with Crippen LogP contribution in [0.2, 0.25) is 0 Å². The van der Waals surface area contributed by atoms with Crippen molar-refractivity contribution in [2.75, 3.05) is 11.4 Å². The maximum absolute atomic E-state index is 12.6. The number of nitrogens with one attached hydrogen (secondary N) is 1. The quantitative estimate of drug-likeness (QED) is 0.536. The van der Waals surface area contributed by atoms with Crippen molar-refractivity contribution in [2.45, 2.75) is 25.8 Å². The molecule has 3 aromatic carbocycles. The molecule has 5 nitrogen and oxygen atoms in total. The number of carbonyl (C=O) groups excluding carboxylic acids is 2. The summed E-state index contributed by atoms with van der Waals surface area (Å²) in [6.07, 6.45) is 3.43. The van der Waals surface area contributed by atoms with Crippen molar-refractivity contribution >= 4 is 39.2 Å². The predicted molar refractivity (Wildman–Crippen MR) is 117 cm³/mol. The van der Waals surface area contributed by atoms with Gasteiger partial charge in [-0.3, -0.25) is 9.59 Å². The summed E-state index contributed by atoms with van der Waals surface area (Å²) in [6, 6.07) is 19.9. The van der Waals surface area contributed by atoms with Crippen molar-refractivity contribution in [3.8, 4) is 0 Å². The van der Waals surface area contributed by atoms with Gasteiger partial charge in [-0.05, 0) is 41.0 Å². The van der Waals surface area contributed by atoms with Crippen LogP contribution in [0.15, 0.2) is 71.3 Å². The molecular weight excluding hydrogens is 376 g/mol. The van der Waals surface area contributed by atoms with Gasteiger partial charge in [0.25, 0.3) is 0 Å². The Kier molecular flexibility index (Phi) is 4.71. The van der Waals surface area contributed by atoms with Gasteiger partial charge in [-0.15, -0.1) is 0 Å². The Morgan fingerprint density at radius 2 is 1.97 bits per heavy atom. The highest BCUT2D eigenvalue weighted by Gasteiger charge is 2.21. The van der Waals surface area contributed by atoms with E-state index in [9.17, 15) is 9.59 Å². The van der Waals surface area contributed by atoms with E-state index in [0.717, 1.165) is 51.5 Å². The molecule has 0 atom stereocenters. The third-order valence-corrected chi connectivity index (χ3v) is 5.68. The largest absolute Gasteiger partial charge is 0.464 e. The SMILES string of the molecule is O=C(Cc1coc2ccc3ccccc3c12)NCc1cccc(N2CCCC2=O)c1. The second-order valence-electron chi connectivity index (χ2n) is 7.69. The summed E-state index contributed by atoms with van der Waals surface area (Å²) in [5.74, 6) is 0.100. The molecule has 30 heavy (non-hydrogen) atoms. The summed E-state index contributed by atoms with van der Waals surface area (Å²) >= 11 is 0. The Morgan fingerprint density at radius 3 is 2.83 bits per heavy atom. The van der Waals surface area contributed by atoms with E-state index in [0.29, 0.717) is 13.0 Å². The zero-order valence-corrected chi connectivity index (χ0v) is 16.6. The molecule has 1 aliphatic rings. The fourth-order valence-electron chi connectivity index (χ4n) is 4.20. The molecule has 1 saturated heterocycles.